The lowest BCUT2D eigenvalue weighted by atomic mass is 9.78. The molecule has 5 rings (SSSR count). The Labute approximate surface area is 166 Å². The minimum absolute atomic E-state index is 0.0462. The molecule has 0 aromatic heterocycles. The predicted octanol–water partition coefficient (Wildman–Crippen LogP) is 5.16. The van der Waals surface area contributed by atoms with Crippen LogP contribution >= 0.6 is 23.2 Å². The minimum Gasteiger partial charge on any atom is -0.339 e. The van der Waals surface area contributed by atoms with Crippen molar-refractivity contribution in [3.05, 3.63) is 99.5 Å². The maximum absolute atomic E-state index is 13.6. The van der Waals surface area contributed by atoms with Crippen molar-refractivity contribution in [1.82, 2.24) is 0 Å². The fourth-order valence-electron chi connectivity index (χ4n) is 4.17. The number of rotatable bonds is 2. The molecule has 2 atom stereocenters. The highest BCUT2D eigenvalue weighted by Crippen LogP contribution is 2.58. The van der Waals surface area contributed by atoms with Crippen LogP contribution in [0.15, 0.2) is 72.8 Å². The number of Topliss-reactive ketones (excluding diaryl/α,β-unsaturated/α-hetero) is 2. The second kappa shape index (κ2) is 5.69. The van der Waals surface area contributed by atoms with Crippen LogP contribution in [0.25, 0.3) is 0 Å². The summed E-state index contributed by atoms with van der Waals surface area (Å²) in [6, 6.07) is 20.8. The first kappa shape index (κ1) is 16.5. The Bertz CT molecular complexity index is 1090. The SMILES string of the molecule is O=C1c2ccccc2C(=O)C2(c3ccc(Cl)cc3)C1N2c1ccc(Cl)cc1. The van der Waals surface area contributed by atoms with E-state index in [-0.39, 0.29) is 11.6 Å². The van der Waals surface area contributed by atoms with E-state index in [0.717, 1.165) is 11.3 Å². The summed E-state index contributed by atoms with van der Waals surface area (Å²) < 4.78 is 0. The van der Waals surface area contributed by atoms with E-state index in [1.54, 1.807) is 48.5 Å². The third-order valence-electron chi connectivity index (χ3n) is 5.39. The molecular weight excluding hydrogens is 381 g/mol. The summed E-state index contributed by atoms with van der Waals surface area (Å²) in [5, 5.41) is 1.19. The molecule has 1 fully saturated rings. The van der Waals surface area contributed by atoms with Crippen molar-refractivity contribution in [2.24, 2.45) is 0 Å². The Balaban J connectivity index is 1.74. The molecule has 0 saturated carbocycles. The number of ketones is 2. The molecule has 0 amide bonds. The zero-order valence-corrected chi connectivity index (χ0v) is 15.5. The Morgan fingerprint density at radius 1 is 0.741 bits per heavy atom. The van der Waals surface area contributed by atoms with Crippen LogP contribution in [0.5, 0.6) is 0 Å². The van der Waals surface area contributed by atoms with E-state index in [4.69, 9.17) is 23.2 Å². The van der Waals surface area contributed by atoms with Crippen molar-refractivity contribution in [3.8, 4) is 0 Å². The molecule has 0 bridgehead atoms. The molecule has 2 aliphatic rings. The number of fused-ring (bicyclic) bond motifs is 2. The van der Waals surface area contributed by atoms with Crippen LogP contribution in [0.1, 0.15) is 26.3 Å². The van der Waals surface area contributed by atoms with Crippen molar-refractivity contribution >= 4 is 40.5 Å². The molecule has 0 N–H and O–H groups in total. The summed E-state index contributed by atoms with van der Waals surface area (Å²) in [5.41, 5.74) is 1.46. The molecule has 27 heavy (non-hydrogen) atoms. The molecule has 3 aromatic rings. The van der Waals surface area contributed by atoms with Gasteiger partial charge in [-0.15, -0.1) is 0 Å². The molecule has 3 aromatic carbocycles. The molecular formula is C22H13Cl2NO2. The van der Waals surface area contributed by atoms with Gasteiger partial charge in [-0.25, -0.2) is 0 Å². The van der Waals surface area contributed by atoms with Crippen LogP contribution in [-0.2, 0) is 5.54 Å². The van der Waals surface area contributed by atoms with E-state index < -0.39 is 11.6 Å². The predicted molar refractivity (Wildman–Crippen MR) is 106 cm³/mol. The standard InChI is InChI=1S/C22H13Cl2NO2/c23-14-7-5-13(6-8-14)22-20(25(22)16-11-9-15(24)10-12-16)19(26)17-3-1-2-4-18(17)21(22)27/h1-12,20H. The van der Waals surface area contributed by atoms with Crippen LogP contribution in [0.2, 0.25) is 10.0 Å². The van der Waals surface area contributed by atoms with Gasteiger partial charge in [-0.05, 0) is 42.0 Å². The smallest absolute Gasteiger partial charge is 0.196 e. The fourth-order valence-corrected chi connectivity index (χ4v) is 4.42. The normalized spacial score (nSPS) is 23.0. The average Bonchev–Trinajstić information content (AvgIpc) is 3.39. The topological polar surface area (TPSA) is 37.1 Å². The number of hydrogen-bond donors (Lipinski definition) is 0. The van der Waals surface area contributed by atoms with Crippen LogP contribution in [0.4, 0.5) is 5.69 Å². The molecule has 0 spiro atoms. The largest absolute Gasteiger partial charge is 0.339 e. The van der Waals surface area contributed by atoms with Gasteiger partial charge in [-0.1, -0.05) is 59.6 Å². The Morgan fingerprint density at radius 2 is 1.30 bits per heavy atom. The van der Waals surface area contributed by atoms with Gasteiger partial charge in [-0.2, -0.15) is 0 Å². The summed E-state index contributed by atoms with van der Waals surface area (Å²) in [6.07, 6.45) is 0. The number of nitrogens with zero attached hydrogens (tertiary/aromatic N) is 1. The van der Waals surface area contributed by atoms with E-state index >= 15 is 0 Å². The number of hydrogen-bond acceptors (Lipinski definition) is 3. The maximum atomic E-state index is 13.6. The molecule has 3 nitrogen and oxygen atoms in total. The summed E-state index contributed by atoms with van der Waals surface area (Å²) in [7, 11) is 0. The third-order valence-corrected chi connectivity index (χ3v) is 5.89. The zero-order chi connectivity index (χ0) is 18.8. The van der Waals surface area contributed by atoms with Gasteiger partial charge in [0.2, 0.25) is 0 Å². The van der Waals surface area contributed by atoms with Crippen molar-refractivity contribution in [2.75, 3.05) is 4.90 Å². The number of carbonyl (C=O) groups is 2. The molecule has 1 aliphatic carbocycles. The molecule has 2 unspecified atom stereocenters. The van der Waals surface area contributed by atoms with Crippen molar-refractivity contribution in [3.63, 3.8) is 0 Å². The van der Waals surface area contributed by atoms with Gasteiger partial charge in [0.15, 0.2) is 17.1 Å². The number of carbonyl (C=O) groups excluding carboxylic acids is 2. The van der Waals surface area contributed by atoms with Gasteiger partial charge in [0.25, 0.3) is 0 Å². The highest BCUT2D eigenvalue weighted by atomic mass is 35.5. The van der Waals surface area contributed by atoms with E-state index in [1.165, 1.54) is 0 Å². The first-order valence-electron chi connectivity index (χ1n) is 8.54. The first-order valence-corrected chi connectivity index (χ1v) is 9.29. The highest BCUT2D eigenvalue weighted by Gasteiger charge is 2.74. The van der Waals surface area contributed by atoms with Gasteiger partial charge < -0.3 is 4.90 Å². The Kier molecular flexibility index (Phi) is 3.48. The van der Waals surface area contributed by atoms with Gasteiger partial charge in [0.1, 0.15) is 6.04 Å². The van der Waals surface area contributed by atoms with Crippen molar-refractivity contribution in [2.45, 2.75) is 11.6 Å². The minimum atomic E-state index is -1.04. The number of benzene rings is 3. The number of anilines is 1. The number of halogens is 2. The van der Waals surface area contributed by atoms with Crippen LogP contribution in [-0.4, -0.2) is 17.6 Å². The summed E-state index contributed by atoms with van der Waals surface area (Å²) >= 11 is 12.1. The van der Waals surface area contributed by atoms with Gasteiger partial charge in [0.05, 0.1) is 0 Å². The summed E-state index contributed by atoms with van der Waals surface area (Å²) in [4.78, 5) is 28.7. The lowest BCUT2D eigenvalue weighted by molar-refractivity contribution is 0.0881. The maximum Gasteiger partial charge on any atom is 0.196 e. The quantitative estimate of drug-likeness (QED) is 0.564. The van der Waals surface area contributed by atoms with E-state index in [2.05, 4.69) is 0 Å². The molecule has 1 saturated heterocycles. The molecule has 0 radical (unpaired) electrons. The van der Waals surface area contributed by atoms with Crippen LogP contribution < -0.4 is 4.90 Å². The molecule has 1 heterocycles. The van der Waals surface area contributed by atoms with Crippen molar-refractivity contribution < 1.29 is 9.59 Å². The Hall–Kier alpha value is -2.62. The van der Waals surface area contributed by atoms with Gasteiger partial charge >= 0.3 is 0 Å². The zero-order valence-electron chi connectivity index (χ0n) is 14.0. The molecule has 5 heteroatoms. The lowest BCUT2D eigenvalue weighted by Gasteiger charge is -2.21. The molecule has 1 aliphatic heterocycles. The van der Waals surface area contributed by atoms with E-state index in [1.807, 2.05) is 29.2 Å². The van der Waals surface area contributed by atoms with Gasteiger partial charge in [0, 0.05) is 26.9 Å². The first-order chi connectivity index (χ1) is 13.0. The summed E-state index contributed by atoms with van der Waals surface area (Å²) in [5.74, 6) is -0.116. The second-order valence-electron chi connectivity index (χ2n) is 6.76. The van der Waals surface area contributed by atoms with E-state index in [0.29, 0.717) is 21.2 Å². The molecule has 132 valence electrons. The van der Waals surface area contributed by atoms with Crippen LogP contribution in [0.3, 0.4) is 0 Å². The van der Waals surface area contributed by atoms with E-state index in [9.17, 15) is 9.59 Å². The monoisotopic (exact) mass is 393 g/mol. The third kappa shape index (κ3) is 2.16. The van der Waals surface area contributed by atoms with Crippen LogP contribution in [0, 0.1) is 0 Å². The second-order valence-corrected chi connectivity index (χ2v) is 7.63. The Morgan fingerprint density at radius 3 is 1.93 bits per heavy atom. The highest BCUT2D eigenvalue weighted by molar-refractivity contribution is 6.31. The van der Waals surface area contributed by atoms with Gasteiger partial charge in [-0.3, -0.25) is 9.59 Å². The average molecular weight is 394 g/mol. The van der Waals surface area contributed by atoms with Crippen molar-refractivity contribution in [1.29, 1.82) is 0 Å². The fraction of sp³-hybridized carbons (Fsp3) is 0.0909. The summed E-state index contributed by atoms with van der Waals surface area (Å²) in [6.45, 7) is 0. The lowest BCUT2D eigenvalue weighted by Crippen LogP contribution is -2.35.